The Morgan fingerprint density at radius 3 is 2.76 bits per heavy atom. The third-order valence-corrected chi connectivity index (χ3v) is 3.08. The first-order valence-corrected chi connectivity index (χ1v) is 5.88. The molecule has 0 aliphatic carbocycles. The third kappa shape index (κ3) is 2.49. The second-order valence-electron chi connectivity index (χ2n) is 3.76. The molecule has 1 fully saturated rings. The molecule has 5 heteroatoms. The molecular weight excluding hydrogens is 242 g/mol. The monoisotopic (exact) mass is 257 g/mol. The Hall–Kier alpha value is -0.970. The smallest absolute Gasteiger partial charge is 0.147 e. The Morgan fingerprint density at radius 2 is 2.18 bits per heavy atom. The minimum absolute atomic E-state index is 0.0904. The molecule has 1 aromatic rings. The van der Waals surface area contributed by atoms with Gasteiger partial charge in [0.05, 0.1) is 31.4 Å². The van der Waals surface area contributed by atoms with Crippen LogP contribution in [0.1, 0.15) is 11.7 Å². The number of hydrogen-bond donors (Lipinski definition) is 1. The lowest BCUT2D eigenvalue weighted by Gasteiger charge is -2.27. The molecule has 1 heterocycles. The lowest BCUT2D eigenvalue weighted by Crippen LogP contribution is -2.33. The number of morpholine rings is 1. The molecule has 0 aromatic heterocycles. The topological polar surface area (TPSA) is 39.7 Å². The molecular formula is C12H16ClNO3. The van der Waals surface area contributed by atoms with Crippen molar-refractivity contribution in [1.29, 1.82) is 0 Å². The molecule has 1 atom stereocenters. The average molecular weight is 258 g/mol. The first-order chi connectivity index (χ1) is 8.27. The zero-order valence-electron chi connectivity index (χ0n) is 9.96. The number of nitrogens with one attached hydrogen (secondary N) is 1. The Labute approximate surface area is 106 Å². The van der Waals surface area contributed by atoms with Gasteiger partial charge in [-0.3, -0.25) is 0 Å². The van der Waals surface area contributed by atoms with Gasteiger partial charge in [0.2, 0.25) is 0 Å². The van der Waals surface area contributed by atoms with Crippen LogP contribution in [0.3, 0.4) is 0 Å². The summed E-state index contributed by atoms with van der Waals surface area (Å²) < 4.78 is 16.4. The molecule has 0 spiro atoms. The zero-order chi connectivity index (χ0) is 12.3. The molecule has 0 bridgehead atoms. The van der Waals surface area contributed by atoms with Crippen molar-refractivity contribution in [1.82, 2.24) is 5.32 Å². The average Bonchev–Trinajstić information content (AvgIpc) is 2.39. The maximum Gasteiger partial charge on any atom is 0.147 e. The van der Waals surface area contributed by atoms with Gasteiger partial charge < -0.3 is 19.5 Å². The molecule has 17 heavy (non-hydrogen) atoms. The number of benzene rings is 1. The summed E-state index contributed by atoms with van der Waals surface area (Å²) in [5, 5.41) is 3.84. The number of ether oxygens (including phenoxy) is 3. The van der Waals surface area contributed by atoms with Crippen LogP contribution in [-0.2, 0) is 4.74 Å². The van der Waals surface area contributed by atoms with Crippen LogP contribution in [0.2, 0.25) is 5.02 Å². The van der Waals surface area contributed by atoms with E-state index in [-0.39, 0.29) is 6.10 Å². The molecule has 1 unspecified atom stereocenters. The van der Waals surface area contributed by atoms with Gasteiger partial charge in [0.25, 0.3) is 0 Å². The third-order valence-electron chi connectivity index (χ3n) is 2.78. The lowest BCUT2D eigenvalue weighted by molar-refractivity contribution is 0.0248. The van der Waals surface area contributed by atoms with Gasteiger partial charge in [-0.15, -0.1) is 0 Å². The number of methoxy groups -OCH3 is 2. The fourth-order valence-corrected chi connectivity index (χ4v) is 2.24. The summed E-state index contributed by atoms with van der Waals surface area (Å²) in [6, 6.07) is 3.59. The van der Waals surface area contributed by atoms with Gasteiger partial charge in [0.1, 0.15) is 17.6 Å². The van der Waals surface area contributed by atoms with Crippen LogP contribution in [0.4, 0.5) is 0 Å². The van der Waals surface area contributed by atoms with Crippen molar-refractivity contribution in [3.05, 3.63) is 22.7 Å². The van der Waals surface area contributed by atoms with Crippen LogP contribution < -0.4 is 14.8 Å². The van der Waals surface area contributed by atoms with Crippen molar-refractivity contribution >= 4 is 11.6 Å². The Balaban J connectivity index is 2.43. The van der Waals surface area contributed by atoms with E-state index in [0.717, 1.165) is 24.4 Å². The minimum atomic E-state index is -0.0904. The molecule has 94 valence electrons. The summed E-state index contributed by atoms with van der Waals surface area (Å²) in [5.74, 6) is 1.36. The molecule has 0 radical (unpaired) electrons. The molecule has 4 nitrogen and oxygen atoms in total. The van der Waals surface area contributed by atoms with Gasteiger partial charge in [-0.05, 0) is 12.1 Å². The quantitative estimate of drug-likeness (QED) is 0.899. The van der Waals surface area contributed by atoms with Crippen molar-refractivity contribution in [2.75, 3.05) is 33.9 Å². The molecule has 1 aliphatic rings. The molecule has 1 N–H and O–H groups in total. The van der Waals surface area contributed by atoms with Crippen molar-refractivity contribution in [2.24, 2.45) is 0 Å². The van der Waals surface area contributed by atoms with Crippen molar-refractivity contribution in [3.8, 4) is 11.5 Å². The summed E-state index contributed by atoms with van der Waals surface area (Å²) in [7, 11) is 3.23. The standard InChI is InChI=1S/C12H16ClNO3/c1-15-9-4-3-8(13)12(16-2)11(9)10-7-14-5-6-17-10/h3-4,10,14H,5-7H2,1-2H3. The molecule has 0 amide bonds. The van der Waals surface area contributed by atoms with Gasteiger partial charge in [0, 0.05) is 13.1 Å². The Morgan fingerprint density at radius 1 is 1.35 bits per heavy atom. The van der Waals surface area contributed by atoms with Crippen molar-refractivity contribution < 1.29 is 14.2 Å². The van der Waals surface area contributed by atoms with Crippen molar-refractivity contribution in [2.45, 2.75) is 6.10 Å². The summed E-state index contributed by atoms with van der Waals surface area (Å²) in [5.41, 5.74) is 0.870. The highest BCUT2D eigenvalue weighted by molar-refractivity contribution is 6.32. The molecule has 2 rings (SSSR count). The maximum atomic E-state index is 6.12. The number of halogens is 1. The van der Waals surface area contributed by atoms with E-state index in [1.807, 2.05) is 6.07 Å². The van der Waals surface area contributed by atoms with Crippen LogP contribution in [-0.4, -0.2) is 33.9 Å². The second-order valence-corrected chi connectivity index (χ2v) is 4.17. The predicted octanol–water partition coefficient (Wildman–Crippen LogP) is 2.02. The van der Waals surface area contributed by atoms with Crippen LogP contribution >= 0.6 is 11.6 Å². The molecule has 1 saturated heterocycles. The van der Waals surface area contributed by atoms with E-state index in [4.69, 9.17) is 25.8 Å². The molecule has 0 saturated carbocycles. The number of hydrogen-bond acceptors (Lipinski definition) is 4. The summed E-state index contributed by atoms with van der Waals surface area (Å²) >= 11 is 6.12. The highest BCUT2D eigenvalue weighted by Crippen LogP contribution is 2.40. The Kier molecular flexibility index (Phi) is 4.10. The minimum Gasteiger partial charge on any atom is -0.496 e. The van der Waals surface area contributed by atoms with E-state index >= 15 is 0 Å². The fraction of sp³-hybridized carbons (Fsp3) is 0.500. The maximum absolute atomic E-state index is 6.12. The lowest BCUT2D eigenvalue weighted by atomic mass is 10.1. The largest absolute Gasteiger partial charge is 0.496 e. The van der Waals surface area contributed by atoms with Crippen LogP contribution in [0, 0.1) is 0 Å². The zero-order valence-corrected chi connectivity index (χ0v) is 10.7. The molecule has 1 aromatic carbocycles. The summed E-state index contributed by atoms with van der Waals surface area (Å²) in [6.07, 6.45) is -0.0904. The molecule has 1 aliphatic heterocycles. The highest BCUT2D eigenvalue weighted by Gasteiger charge is 2.25. The van der Waals surface area contributed by atoms with E-state index in [9.17, 15) is 0 Å². The first kappa shape index (κ1) is 12.5. The summed E-state index contributed by atoms with van der Waals surface area (Å²) in [4.78, 5) is 0. The fourth-order valence-electron chi connectivity index (χ4n) is 2.00. The van der Waals surface area contributed by atoms with Gasteiger partial charge in [-0.2, -0.15) is 0 Å². The van der Waals surface area contributed by atoms with Crippen LogP contribution in [0.15, 0.2) is 12.1 Å². The van der Waals surface area contributed by atoms with Crippen LogP contribution in [0.5, 0.6) is 11.5 Å². The van der Waals surface area contributed by atoms with E-state index in [1.165, 1.54) is 0 Å². The van der Waals surface area contributed by atoms with E-state index in [2.05, 4.69) is 5.32 Å². The number of rotatable bonds is 3. The van der Waals surface area contributed by atoms with Gasteiger partial charge in [0.15, 0.2) is 0 Å². The normalized spacial score (nSPS) is 20.1. The first-order valence-electron chi connectivity index (χ1n) is 5.50. The SMILES string of the molecule is COc1ccc(Cl)c(OC)c1C1CNCCO1. The van der Waals surface area contributed by atoms with Gasteiger partial charge >= 0.3 is 0 Å². The van der Waals surface area contributed by atoms with Crippen molar-refractivity contribution in [3.63, 3.8) is 0 Å². The van der Waals surface area contributed by atoms with E-state index in [1.54, 1.807) is 20.3 Å². The van der Waals surface area contributed by atoms with E-state index < -0.39 is 0 Å². The highest BCUT2D eigenvalue weighted by atomic mass is 35.5. The Bertz CT molecular complexity index is 392. The summed E-state index contributed by atoms with van der Waals surface area (Å²) in [6.45, 7) is 2.26. The van der Waals surface area contributed by atoms with E-state index in [0.29, 0.717) is 17.4 Å². The van der Waals surface area contributed by atoms with Gasteiger partial charge in [-0.1, -0.05) is 11.6 Å². The second kappa shape index (κ2) is 5.58. The van der Waals surface area contributed by atoms with Crippen LogP contribution in [0.25, 0.3) is 0 Å². The predicted molar refractivity (Wildman–Crippen MR) is 66.1 cm³/mol. The van der Waals surface area contributed by atoms with Gasteiger partial charge in [-0.25, -0.2) is 0 Å².